The lowest BCUT2D eigenvalue weighted by Crippen LogP contribution is -2.27. The number of hydrogen-bond donors (Lipinski definition) is 1. The summed E-state index contributed by atoms with van der Waals surface area (Å²) in [6, 6.07) is 9.54. The smallest absolute Gasteiger partial charge is 0.333 e. The number of rotatable bonds is 2. The molecule has 0 amide bonds. The minimum absolute atomic E-state index is 0.246. The van der Waals surface area contributed by atoms with E-state index in [0.717, 1.165) is 6.07 Å². The van der Waals surface area contributed by atoms with Crippen LogP contribution in [0.2, 0.25) is 0 Å². The van der Waals surface area contributed by atoms with Gasteiger partial charge in [0, 0.05) is 28.8 Å². The van der Waals surface area contributed by atoms with Crippen molar-refractivity contribution < 1.29 is 23.4 Å². The fourth-order valence-electron chi connectivity index (χ4n) is 2.42. The number of esters is 1. The van der Waals surface area contributed by atoms with Crippen LogP contribution in [0.3, 0.4) is 0 Å². The van der Waals surface area contributed by atoms with Gasteiger partial charge in [-0.15, -0.1) is 0 Å². The van der Waals surface area contributed by atoms with Gasteiger partial charge in [0.2, 0.25) is 0 Å². The Morgan fingerprint density at radius 1 is 1.09 bits per heavy atom. The van der Waals surface area contributed by atoms with Crippen molar-refractivity contribution in [2.45, 2.75) is 12.7 Å². The molecule has 5 heteroatoms. The highest BCUT2D eigenvalue weighted by Crippen LogP contribution is 2.36. The number of aliphatic hydroxyl groups is 1. The Morgan fingerprint density at radius 2 is 1.77 bits per heavy atom. The number of carbonyl (C=O) groups is 1. The minimum atomic E-state index is -1.79. The summed E-state index contributed by atoms with van der Waals surface area (Å²) in [6.07, 6.45) is 1.22. The molecule has 0 unspecified atom stereocenters. The summed E-state index contributed by atoms with van der Waals surface area (Å²) >= 11 is 0. The lowest BCUT2D eigenvalue weighted by atomic mass is 9.96. The average molecular weight is 302 g/mol. The van der Waals surface area contributed by atoms with Crippen molar-refractivity contribution in [1.29, 1.82) is 0 Å². The van der Waals surface area contributed by atoms with E-state index in [1.807, 2.05) is 0 Å². The molecule has 0 bridgehead atoms. The molecular formula is C17H12F2O3. The van der Waals surface area contributed by atoms with Crippen molar-refractivity contribution in [3.8, 4) is 11.1 Å². The maximum atomic E-state index is 13.8. The Hall–Kier alpha value is -2.53. The highest BCUT2D eigenvalue weighted by molar-refractivity contribution is 5.86. The largest absolute Gasteiger partial charge is 0.421 e. The molecule has 1 aliphatic heterocycles. The number of ether oxygens (including phenoxy) is 1. The van der Waals surface area contributed by atoms with Gasteiger partial charge in [0.25, 0.3) is 5.79 Å². The van der Waals surface area contributed by atoms with Crippen LogP contribution in [-0.4, -0.2) is 11.1 Å². The monoisotopic (exact) mass is 302 g/mol. The van der Waals surface area contributed by atoms with Crippen LogP contribution in [0.5, 0.6) is 0 Å². The van der Waals surface area contributed by atoms with Crippen LogP contribution in [0.1, 0.15) is 12.5 Å². The lowest BCUT2D eigenvalue weighted by molar-refractivity contribution is -0.185. The van der Waals surface area contributed by atoms with E-state index in [1.54, 1.807) is 19.1 Å². The molecule has 1 N–H and O–H groups in total. The van der Waals surface area contributed by atoms with E-state index >= 15 is 0 Å². The van der Waals surface area contributed by atoms with Gasteiger partial charge in [-0.3, -0.25) is 0 Å². The van der Waals surface area contributed by atoms with E-state index in [2.05, 4.69) is 0 Å². The van der Waals surface area contributed by atoms with Gasteiger partial charge in [-0.1, -0.05) is 24.3 Å². The quantitative estimate of drug-likeness (QED) is 0.866. The summed E-state index contributed by atoms with van der Waals surface area (Å²) in [7, 11) is 0. The maximum Gasteiger partial charge on any atom is 0.333 e. The van der Waals surface area contributed by atoms with Crippen molar-refractivity contribution in [2.75, 3.05) is 0 Å². The van der Waals surface area contributed by atoms with Gasteiger partial charge in [0.05, 0.1) is 0 Å². The van der Waals surface area contributed by atoms with Crippen molar-refractivity contribution in [3.05, 3.63) is 71.3 Å². The summed E-state index contributed by atoms with van der Waals surface area (Å²) < 4.78 is 31.6. The second kappa shape index (κ2) is 5.03. The molecule has 1 atom stereocenters. The Bertz CT molecular complexity index is 781. The third kappa shape index (κ3) is 2.29. The Balaban J connectivity index is 1.97. The summed E-state index contributed by atoms with van der Waals surface area (Å²) in [6.45, 7) is 1.58. The molecule has 0 radical (unpaired) electrons. The predicted molar refractivity (Wildman–Crippen MR) is 75.5 cm³/mol. The summed E-state index contributed by atoms with van der Waals surface area (Å²) in [5, 5.41) is 10.4. The molecule has 1 heterocycles. The first-order chi connectivity index (χ1) is 10.4. The third-order valence-corrected chi connectivity index (χ3v) is 3.64. The van der Waals surface area contributed by atoms with Crippen molar-refractivity contribution in [2.24, 2.45) is 0 Å². The first-order valence-corrected chi connectivity index (χ1v) is 6.60. The minimum Gasteiger partial charge on any atom is -0.421 e. The van der Waals surface area contributed by atoms with E-state index in [4.69, 9.17) is 4.74 Å². The van der Waals surface area contributed by atoms with Gasteiger partial charge in [-0.05, 0) is 24.6 Å². The predicted octanol–water partition coefficient (Wildman–Crippen LogP) is 3.28. The van der Waals surface area contributed by atoms with Crippen molar-refractivity contribution >= 4 is 5.97 Å². The molecule has 0 spiro atoms. The second-order valence-corrected chi connectivity index (χ2v) is 5.09. The van der Waals surface area contributed by atoms with E-state index in [1.165, 1.54) is 30.3 Å². The Kier molecular flexibility index (Phi) is 3.30. The summed E-state index contributed by atoms with van der Waals surface area (Å²) in [5.41, 5.74) is 1.50. The van der Waals surface area contributed by atoms with Gasteiger partial charge in [-0.2, -0.15) is 0 Å². The van der Waals surface area contributed by atoms with Crippen LogP contribution in [-0.2, 0) is 15.3 Å². The molecule has 22 heavy (non-hydrogen) atoms. The fraction of sp³-hybridized carbons (Fsp3) is 0.118. The molecule has 0 fully saturated rings. The molecule has 2 aromatic rings. The van der Waals surface area contributed by atoms with Gasteiger partial charge in [0.1, 0.15) is 11.6 Å². The number of halogens is 2. The maximum absolute atomic E-state index is 13.8. The van der Waals surface area contributed by atoms with Gasteiger partial charge in [0.15, 0.2) is 0 Å². The van der Waals surface area contributed by atoms with E-state index < -0.39 is 23.4 Å². The fourth-order valence-corrected chi connectivity index (χ4v) is 2.42. The Morgan fingerprint density at radius 3 is 2.32 bits per heavy atom. The second-order valence-electron chi connectivity index (χ2n) is 5.09. The average Bonchev–Trinajstić information content (AvgIpc) is 2.73. The van der Waals surface area contributed by atoms with Gasteiger partial charge in [-0.25, -0.2) is 13.6 Å². The number of hydrogen-bond acceptors (Lipinski definition) is 3. The standard InChI is InChI=1S/C17H12F2O3/c1-10-8-16(20)22-17(10,21)12-4-2-11(3-5-12)14-7-6-13(18)9-15(14)19/h2-9,21H,1H3/t17-/m0/s1. The molecule has 0 saturated carbocycles. The first-order valence-electron chi connectivity index (χ1n) is 6.60. The van der Waals surface area contributed by atoms with Crippen molar-refractivity contribution in [1.82, 2.24) is 0 Å². The van der Waals surface area contributed by atoms with Crippen molar-refractivity contribution in [3.63, 3.8) is 0 Å². The lowest BCUT2D eigenvalue weighted by Gasteiger charge is -2.23. The van der Waals surface area contributed by atoms with Crippen LogP contribution in [0.25, 0.3) is 11.1 Å². The SMILES string of the molecule is CC1=CC(=O)O[C@]1(O)c1ccc(-c2ccc(F)cc2F)cc1. The number of carbonyl (C=O) groups excluding carboxylic acids is 1. The zero-order valence-corrected chi connectivity index (χ0v) is 11.6. The highest BCUT2D eigenvalue weighted by Gasteiger charge is 2.40. The van der Waals surface area contributed by atoms with Gasteiger partial charge >= 0.3 is 5.97 Å². The third-order valence-electron chi connectivity index (χ3n) is 3.64. The van der Waals surface area contributed by atoms with Crippen LogP contribution in [0.4, 0.5) is 8.78 Å². The Labute approximate surface area is 125 Å². The molecule has 112 valence electrons. The van der Waals surface area contributed by atoms with E-state index in [0.29, 0.717) is 16.7 Å². The molecule has 0 saturated heterocycles. The normalized spacial score (nSPS) is 20.7. The van der Waals surface area contributed by atoms with Crippen LogP contribution in [0.15, 0.2) is 54.1 Å². The van der Waals surface area contributed by atoms with E-state index in [-0.39, 0.29) is 5.56 Å². The summed E-state index contributed by atoms with van der Waals surface area (Å²) in [4.78, 5) is 11.3. The first kappa shape index (κ1) is 14.4. The van der Waals surface area contributed by atoms with Gasteiger partial charge < -0.3 is 9.84 Å². The zero-order valence-electron chi connectivity index (χ0n) is 11.6. The molecule has 0 aromatic heterocycles. The van der Waals surface area contributed by atoms with Crippen LogP contribution in [0, 0.1) is 11.6 Å². The molecule has 1 aliphatic rings. The van der Waals surface area contributed by atoms with Crippen LogP contribution < -0.4 is 0 Å². The number of benzene rings is 2. The highest BCUT2D eigenvalue weighted by atomic mass is 19.1. The topological polar surface area (TPSA) is 46.5 Å². The molecule has 0 aliphatic carbocycles. The zero-order chi connectivity index (χ0) is 15.9. The molecule has 2 aromatic carbocycles. The molecule has 3 rings (SSSR count). The summed E-state index contributed by atoms with van der Waals surface area (Å²) in [5.74, 6) is -3.73. The van der Waals surface area contributed by atoms with E-state index in [9.17, 15) is 18.7 Å². The molecule has 3 nitrogen and oxygen atoms in total. The van der Waals surface area contributed by atoms with Crippen LogP contribution >= 0.6 is 0 Å². The number of cyclic esters (lactones) is 1. The molecular weight excluding hydrogens is 290 g/mol.